The minimum absolute atomic E-state index is 0.104. The van der Waals surface area contributed by atoms with E-state index in [4.69, 9.17) is 0 Å². The second-order valence-electron chi connectivity index (χ2n) is 4.35. The van der Waals surface area contributed by atoms with Gasteiger partial charge in [0.25, 0.3) is 0 Å². The van der Waals surface area contributed by atoms with Gasteiger partial charge in [-0.25, -0.2) is 0 Å². The number of rotatable bonds is 4. The van der Waals surface area contributed by atoms with Crippen LogP contribution in [0, 0.1) is 12.8 Å². The Hall–Kier alpha value is -1.31. The lowest BCUT2D eigenvalue weighted by Crippen LogP contribution is -2.11. The standard InChI is InChI=1S/C13H19NO.C2H6/c1-10(2)4-9-13(15)14-12-7-5-11(3)6-8-12;1-2/h5-8,10H,4,9H2,1-3H3,(H,14,15);1-2H3. The second kappa shape index (κ2) is 8.80. The Bertz CT molecular complexity index is 314. The lowest BCUT2D eigenvalue weighted by molar-refractivity contribution is -0.116. The third-order valence-electron chi connectivity index (χ3n) is 2.28. The van der Waals surface area contributed by atoms with Crippen LogP contribution in [-0.4, -0.2) is 5.91 Å². The highest BCUT2D eigenvalue weighted by molar-refractivity contribution is 5.90. The van der Waals surface area contributed by atoms with Crippen molar-refractivity contribution in [2.24, 2.45) is 5.92 Å². The molecule has 0 saturated heterocycles. The Balaban J connectivity index is 0.00000121. The van der Waals surface area contributed by atoms with Gasteiger partial charge in [0.05, 0.1) is 0 Å². The number of hydrogen-bond acceptors (Lipinski definition) is 1. The van der Waals surface area contributed by atoms with Crippen LogP contribution >= 0.6 is 0 Å². The zero-order chi connectivity index (χ0) is 13.3. The van der Waals surface area contributed by atoms with Crippen molar-refractivity contribution in [1.82, 2.24) is 0 Å². The number of carbonyl (C=O) groups excluding carboxylic acids is 1. The van der Waals surface area contributed by atoms with Crippen LogP contribution in [0.1, 0.15) is 46.1 Å². The second-order valence-corrected chi connectivity index (χ2v) is 4.35. The van der Waals surface area contributed by atoms with Crippen molar-refractivity contribution in [3.8, 4) is 0 Å². The van der Waals surface area contributed by atoms with Gasteiger partial charge in [-0.3, -0.25) is 4.79 Å². The number of amides is 1. The normalized spacial score (nSPS) is 9.53. The Morgan fingerprint density at radius 3 is 2.18 bits per heavy atom. The smallest absolute Gasteiger partial charge is 0.224 e. The van der Waals surface area contributed by atoms with E-state index in [2.05, 4.69) is 19.2 Å². The summed E-state index contributed by atoms with van der Waals surface area (Å²) in [6.07, 6.45) is 1.54. The molecule has 0 heterocycles. The van der Waals surface area contributed by atoms with Crippen LogP contribution in [0.2, 0.25) is 0 Å². The van der Waals surface area contributed by atoms with E-state index in [1.54, 1.807) is 0 Å². The predicted molar refractivity (Wildman–Crippen MR) is 75.2 cm³/mol. The highest BCUT2D eigenvalue weighted by Gasteiger charge is 2.03. The van der Waals surface area contributed by atoms with Crippen LogP contribution in [-0.2, 0) is 4.79 Å². The molecule has 0 unspecified atom stereocenters. The van der Waals surface area contributed by atoms with Gasteiger partial charge in [-0.05, 0) is 31.4 Å². The SMILES string of the molecule is CC.Cc1ccc(NC(=O)CCC(C)C)cc1. The molecule has 2 heteroatoms. The van der Waals surface area contributed by atoms with E-state index in [-0.39, 0.29) is 5.91 Å². The summed E-state index contributed by atoms with van der Waals surface area (Å²) in [5.41, 5.74) is 2.09. The van der Waals surface area contributed by atoms with Gasteiger partial charge < -0.3 is 5.32 Å². The van der Waals surface area contributed by atoms with Crippen molar-refractivity contribution in [2.45, 2.75) is 47.5 Å². The van der Waals surface area contributed by atoms with E-state index in [0.29, 0.717) is 12.3 Å². The van der Waals surface area contributed by atoms with Gasteiger partial charge in [0.1, 0.15) is 0 Å². The van der Waals surface area contributed by atoms with Gasteiger partial charge in [-0.1, -0.05) is 45.4 Å². The first-order valence-electron chi connectivity index (χ1n) is 6.44. The number of nitrogens with one attached hydrogen (secondary N) is 1. The van der Waals surface area contributed by atoms with Crippen LogP contribution in [0.4, 0.5) is 5.69 Å². The molecular formula is C15H25NO. The maximum absolute atomic E-state index is 11.5. The molecule has 0 bridgehead atoms. The summed E-state index contributed by atoms with van der Waals surface area (Å²) in [4.78, 5) is 11.5. The molecule has 0 saturated carbocycles. The van der Waals surface area contributed by atoms with E-state index in [1.807, 2.05) is 45.0 Å². The lowest BCUT2D eigenvalue weighted by atomic mass is 10.1. The van der Waals surface area contributed by atoms with Gasteiger partial charge in [0.2, 0.25) is 5.91 Å². The average molecular weight is 235 g/mol. The van der Waals surface area contributed by atoms with E-state index in [0.717, 1.165) is 12.1 Å². The monoisotopic (exact) mass is 235 g/mol. The van der Waals surface area contributed by atoms with Gasteiger partial charge in [0, 0.05) is 12.1 Å². The summed E-state index contributed by atoms with van der Waals surface area (Å²) in [6, 6.07) is 7.86. The first kappa shape index (κ1) is 15.7. The van der Waals surface area contributed by atoms with Crippen LogP contribution < -0.4 is 5.32 Å². The zero-order valence-corrected chi connectivity index (χ0v) is 11.7. The summed E-state index contributed by atoms with van der Waals surface area (Å²) in [5, 5.41) is 2.89. The topological polar surface area (TPSA) is 29.1 Å². The quantitative estimate of drug-likeness (QED) is 0.823. The molecule has 0 aliphatic carbocycles. The molecule has 0 aliphatic heterocycles. The fourth-order valence-corrected chi connectivity index (χ4v) is 1.28. The molecule has 2 nitrogen and oxygen atoms in total. The maximum Gasteiger partial charge on any atom is 0.224 e. The van der Waals surface area contributed by atoms with E-state index >= 15 is 0 Å². The van der Waals surface area contributed by atoms with Crippen molar-refractivity contribution < 1.29 is 4.79 Å². The molecule has 1 aromatic rings. The van der Waals surface area contributed by atoms with Crippen molar-refractivity contribution in [2.75, 3.05) is 5.32 Å². The third kappa shape index (κ3) is 7.56. The first-order valence-corrected chi connectivity index (χ1v) is 6.44. The van der Waals surface area contributed by atoms with Crippen LogP contribution in [0.3, 0.4) is 0 Å². The Morgan fingerprint density at radius 1 is 1.18 bits per heavy atom. The highest BCUT2D eigenvalue weighted by atomic mass is 16.1. The number of anilines is 1. The fraction of sp³-hybridized carbons (Fsp3) is 0.533. The molecular weight excluding hydrogens is 210 g/mol. The molecule has 0 radical (unpaired) electrons. The Morgan fingerprint density at radius 2 is 1.71 bits per heavy atom. The van der Waals surface area contributed by atoms with Crippen LogP contribution in [0.25, 0.3) is 0 Å². The van der Waals surface area contributed by atoms with Gasteiger partial charge in [-0.2, -0.15) is 0 Å². The molecule has 0 fully saturated rings. The van der Waals surface area contributed by atoms with Crippen molar-refractivity contribution in [1.29, 1.82) is 0 Å². The average Bonchev–Trinajstić information content (AvgIpc) is 2.32. The minimum Gasteiger partial charge on any atom is -0.326 e. The highest BCUT2D eigenvalue weighted by Crippen LogP contribution is 2.10. The fourth-order valence-electron chi connectivity index (χ4n) is 1.28. The largest absolute Gasteiger partial charge is 0.326 e. The Kier molecular flexibility index (Phi) is 8.12. The number of benzene rings is 1. The third-order valence-corrected chi connectivity index (χ3v) is 2.28. The lowest BCUT2D eigenvalue weighted by Gasteiger charge is -2.06. The summed E-state index contributed by atoms with van der Waals surface area (Å²) >= 11 is 0. The number of hydrogen-bond donors (Lipinski definition) is 1. The van der Waals surface area contributed by atoms with Crippen molar-refractivity contribution >= 4 is 11.6 Å². The van der Waals surface area contributed by atoms with E-state index < -0.39 is 0 Å². The first-order chi connectivity index (χ1) is 8.08. The van der Waals surface area contributed by atoms with Crippen LogP contribution in [0.5, 0.6) is 0 Å². The molecule has 0 aliphatic rings. The molecule has 0 atom stereocenters. The van der Waals surface area contributed by atoms with E-state index in [9.17, 15) is 4.79 Å². The molecule has 0 aromatic heterocycles. The maximum atomic E-state index is 11.5. The van der Waals surface area contributed by atoms with Gasteiger partial charge in [-0.15, -0.1) is 0 Å². The summed E-state index contributed by atoms with van der Waals surface area (Å²) < 4.78 is 0. The van der Waals surface area contributed by atoms with Gasteiger partial charge >= 0.3 is 0 Å². The molecule has 17 heavy (non-hydrogen) atoms. The summed E-state index contributed by atoms with van der Waals surface area (Å²) in [5.74, 6) is 0.682. The van der Waals surface area contributed by atoms with Crippen molar-refractivity contribution in [3.63, 3.8) is 0 Å². The molecule has 1 rings (SSSR count). The minimum atomic E-state index is 0.104. The van der Waals surface area contributed by atoms with Crippen molar-refractivity contribution in [3.05, 3.63) is 29.8 Å². The number of carbonyl (C=O) groups is 1. The Labute approximate surface area is 105 Å². The van der Waals surface area contributed by atoms with Crippen LogP contribution in [0.15, 0.2) is 24.3 Å². The summed E-state index contributed by atoms with van der Waals surface area (Å²) in [6.45, 7) is 10.3. The molecule has 1 amide bonds. The molecule has 0 spiro atoms. The number of aryl methyl sites for hydroxylation is 1. The molecule has 1 N–H and O–H groups in total. The molecule has 96 valence electrons. The zero-order valence-electron chi connectivity index (χ0n) is 11.7. The summed E-state index contributed by atoms with van der Waals surface area (Å²) in [7, 11) is 0. The molecule has 1 aromatic carbocycles. The van der Waals surface area contributed by atoms with Gasteiger partial charge in [0.15, 0.2) is 0 Å². The van der Waals surface area contributed by atoms with E-state index in [1.165, 1.54) is 5.56 Å². The predicted octanol–water partition coefficient (Wildman–Crippen LogP) is 4.40.